The van der Waals surface area contributed by atoms with E-state index in [-0.39, 0.29) is 6.54 Å². The number of hydrogen-bond acceptors (Lipinski definition) is 6. The standard InChI is InChI=1S/C20H22N8O2/c1-26-12-13-27(2)20(26)24-22-17-8-4-15(5-9-17)21-16-6-10-18(11-7-16)23-25-28(3)14-19(29)30/h4-13H,14H2,1-3H3,(H,29,30)/p+1. The fourth-order valence-corrected chi connectivity index (χ4v) is 2.57. The van der Waals surface area contributed by atoms with Crippen molar-refractivity contribution in [2.24, 2.45) is 34.7 Å². The van der Waals surface area contributed by atoms with Crippen molar-refractivity contribution in [3.05, 3.63) is 60.9 Å². The van der Waals surface area contributed by atoms with Crippen molar-refractivity contribution in [1.82, 2.24) is 9.58 Å². The van der Waals surface area contributed by atoms with Gasteiger partial charge in [-0.05, 0) is 48.5 Å². The topological polar surface area (TPSA) is 111 Å². The first-order chi connectivity index (χ1) is 14.4. The predicted molar refractivity (Wildman–Crippen MR) is 112 cm³/mol. The van der Waals surface area contributed by atoms with Crippen LogP contribution in [-0.4, -0.2) is 34.2 Å². The first kappa shape index (κ1) is 20.6. The third-order valence-corrected chi connectivity index (χ3v) is 4.10. The summed E-state index contributed by atoms with van der Waals surface area (Å²) in [6.07, 6.45) is 3.84. The van der Waals surface area contributed by atoms with Crippen LogP contribution in [0.1, 0.15) is 0 Å². The van der Waals surface area contributed by atoms with Gasteiger partial charge in [-0.25, -0.2) is 9.13 Å². The Balaban J connectivity index is 1.59. The molecule has 0 atom stereocenters. The van der Waals surface area contributed by atoms with Crippen molar-refractivity contribution >= 4 is 34.7 Å². The maximum Gasteiger partial charge on any atom is 0.421 e. The average Bonchev–Trinajstić information content (AvgIpc) is 3.04. The Labute approximate surface area is 173 Å². The van der Waals surface area contributed by atoms with E-state index in [1.807, 2.05) is 72.0 Å². The van der Waals surface area contributed by atoms with Crippen molar-refractivity contribution in [2.45, 2.75) is 0 Å². The number of imidazole rings is 1. The molecule has 3 aromatic rings. The van der Waals surface area contributed by atoms with Crippen molar-refractivity contribution in [3.63, 3.8) is 0 Å². The van der Waals surface area contributed by atoms with E-state index in [2.05, 4.69) is 25.9 Å². The van der Waals surface area contributed by atoms with Crippen LogP contribution in [0.25, 0.3) is 0 Å². The third-order valence-electron chi connectivity index (χ3n) is 4.10. The summed E-state index contributed by atoms with van der Waals surface area (Å²) in [5.74, 6) is -0.207. The predicted octanol–water partition coefficient (Wildman–Crippen LogP) is 4.02. The van der Waals surface area contributed by atoms with Crippen LogP contribution in [0.15, 0.2) is 81.5 Å². The fourth-order valence-electron chi connectivity index (χ4n) is 2.57. The lowest BCUT2D eigenvalue weighted by atomic mass is 10.2. The molecule has 3 rings (SSSR count). The van der Waals surface area contributed by atoms with Crippen LogP contribution in [-0.2, 0) is 18.9 Å². The number of aromatic nitrogens is 2. The summed E-state index contributed by atoms with van der Waals surface area (Å²) in [5, 5.41) is 29.7. The van der Waals surface area contributed by atoms with Gasteiger partial charge in [0.1, 0.15) is 12.2 Å². The number of aryl methyl sites for hydroxylation is 2. The minimum absolute atomic E-state index is 0.206. The molecule has 30 heavy (non-hydrogen) atoms. The number of carbonyl (C=O) groups is 1. The highest BCUT2D eigenvalue weighted by Gasteiger charge is 2.10. The van der Waals surface area contributed by atoms with Crippen molar-refractivity contribution in [3.8, 4) is 0 Å². The highest BCUT2D eigenvalue weighted by Crippen LogP contribution is 2.23. The number of rotatable bonds is 8. The van der Waals surface area contributed by atoms with Crippen LogP contribution >= 0.6 is 0 Å². The van der Waals surface area contributed by atoms with Crippen LogP contribution in [0.4, 0.5) is 28.7 Å². The summed E-state index contributed by atoms with van der Waals surface area (Å²) >= 11 is 0. The van der Waals surface area contributed by atoms with Gasteiger partial charge < -0.3 is 10.4 Å². The third kappa shape index (κ3) is 5.71. The first-order valence-corrected chi connectivity index (χ1v) is 9.15. The minimum atomic E-state index is -0.961. The molecule has 0 fully saturated rings. The van der Waals surface area contributed by atoms with Gasteiger partial charge in [-0.3, -0.25) is 9.80 Å². The van der Waals surface area contributed by atoms with Gasteiger partial charge in [0, 0.05) is 23.5 Å². The van der Waals surface area contributed by atoms with Gasteiger partial charge in [-0.2, -0.15) is 0 Å². The maximum absolute atomic E-state index is 10.6. The normalized spacial score (nSPS) is 11.3. The molecule has 1 heterocycles. The van der Waals surface area contributed by atoms with E-state index in [0.29, 0.717) is 5.69 Å². The molecule has 2 N–H and O–H groups in total. The number of aliphatic carboxylic acids is 1. The molecular formula is C20H23N8O2+. The highest BCUT2D eigenvalue weighted by atomic mass is 16.4. The maximum atomic E-state index is 10.6. The van der Waals surface area contributed by atoms with E-state index in [9.17, 15) is 4.79 Å². The number of likely N-dealkylation sites (N-methyl/N-ethyl adjacent to an activating group) is 1. The van der Waals surface area contributed by atoms with Gasteiger partial charge in [0.05, 0.1) is 32.2 Å². The SMILES string of the molecule is CN(CC(=O)O)N=Nc1ccc(Nc2ccc(N=Nc3n(C)cc[n+]3C)cc2)cc1. The molecule has 0 saturated carbocycles. The summed E-state index contributed by atoms with van der Waals surface area (Å²) in [5.41, 5.74) is 3.18. The molecule has 0 spiro atoms. The lowest BCUT2D eigenvalue weighted by Crippen LogP contribution is -2.25. The zero-order chi connectivity index (χ0) is 21.5. The number of azo groups is 1. The number of carboxylic acids is 1. The van der Waals surface area contributed by atoms with Gasteiger partial charge in [0.2, 0.25) is 0 Å². The Hall–Kier alpha value is -4.08. The monoisotopic (exact) mass is 407 g/mol. The molecule has 0 unspecified atom stereocenters. The Morgan fingerprint density at radius 3 is 2.10 bits per heavy atom. The second-order valence-corrected chi connectivity index (χ2v) is 6.64. The molecule has 0 bridgehead atoms. The molecule has 0 radical (unpaired) electrons. The smallest absolute Gasteiger partial charge is 0.421 e. The first-order valence-electron chi connectivity index (χ1n) is 9.15. The summed E-state index contributed by atoms with van der Waals surface area (Å²) < 4.78 is 3.79. The number of nitrogens with zero attached hydrogens (tertiary/aromatic N) is 7. The van der Waals surface area contributed by atoms with Gasteiger partial charge in [0.25, 0.3) is 0 Å². The van der Waals surface area contributed by atoms with Crippen LogP contribution in [0.3, 0.4) is 0 Å². The molecule has 0 amide bonds. The Bertz CT molecular complexity index is 1040. The lowest BCUT2D eigenvalue weighted by molar-refractivity contribution is -0.657. The number of nitrogens with one attached hydrogen (secondary N) is 1. The molecule has 154 valence electrons. The average molecular weight is 407 g/mol. The van der Waals surface area contributed by atoms with E-state index in [1.165, 1.54) is 5.01 Å². The minimum Gasteiger partial charge on any atom is -0.480 e. The highest BCUT2D eigenvalue weighted by molar-refractivity contribution is 5.69. The fraction of sp³-hybridized carbons (Fsp3) is 0.200. The quantitative estimate of drug-likeness (QED) is 0.334. The summed E-state index contributed by atoms with van der Waals surface area (Å²) in [6.45, 7) is -0.206. The Morgan fingerprint density at radius 2 is 1.60 bits per heavy atom. The molecule has 0 saturated heterocycles. The van der Waals surface area contributed by atoms with Crippen molar-refractivity contribution in [1.29, 1.82) is 0 Å². The summed E-state index contributed by atoms with van der Waals surface area (Å²) in [4.78, 5) is 10.6. The van der Waals surface area contributed by atoms with Crippen LogP contribution in [0, 0.1) is 0 Å². The van der Waals surface area contributed by atoms with E-state index in [1.54, 1.807) is 19.2 Å². The molecular weight excluding hydrogens is 384 g/mol. The Morgan fingerprint density at radius 1 is 1.03 bits per heavy atom. The largest absolute Gasteiger partial charge is 0.480 e. The zero-order valence-corrected chi connectivity index (χ0v) is 17.0. The van der Waals surface area contributed by atoms with E-state index >= 15 is 0 Å². The summed E-state index contributed by atoms with van der Waals surface area (Å²) in [6, 6.07) is 14.9. The summed E-state index contributed by atoms with van der Waals surface area (Å²) in [7, 11) is 5.39. The van der Waals surface area contributed by atoms with Crippen LogP contribution in [0.2, 0.25) is 0 Å². The molecule has 0 aliphatic rings. The van der Waals surface area contributed by atoms with Gasteiger partial charge in [0.15, 0.2) is 0 Å². The lowest BCUT2D eigenvalue weighted by Gasteiger charge is -2.08. The van der Waals surface area contributed by atoms with Gasteiger partial charge >= 0.3 is 11.9 Å². The molecule has 10 nitrogen and oxygen atoms in total. The zero-order valence-electron chi connectivity index (χ0n) is 17.0. The van der Waals surface area contributed by atoms with E-state index in [0.717, 1.165) is 23.0 Å². The molecule has 1 aromatic heterocycles. The number of anilines is 2. The second-order valence-electron chi connectivity index (χ2n) is 6.64. The Kier molecular flexibility index (Phi) is 6.48. The molecule has 0 aliphatic heterocycles. The van der Waals surface area contributed by atoms with Gasteiger partial charge in [-0.1, -0.05) is 10.3 Å². The van der Waals surface area contributed by atoms with Gasteiger partial charge in [-0.15, -0.1) is 5.11 Å². The molecule has 10 heteroatoms. The van der Waals surface area contributed by atoms with Crippen molar-refractivity contribution < 1.29 is 14.5 Å². The number of hydrogen-bond donors (Lipinski definition) is 2. The van der Waals surface area contributed by atoms with Crippen LogP contribution in [0.5, 0.6) is 0 Å². The number of benzene rings is 2. The molecule has 2 aromatic carbocycles. The number of carboxylic acid groups (broad SMARTS) is 1. The second kappa shape index (κ2) is 9.41. The van der Waals surface area contributed by atoms with Crippen molar-refractivity contribution in [2.75, 3.05) is 18.9 Å². The van der Waals surface area contributed by atoms with Crippen LogP contribution < -0.4 is 9.88 Å². The van der Waals surface area contributed by atoms with E-state index < -0.39 is 5.97 Å². The van der Waals surface area contributed by atoms with E-state index in [4.69, 9.17) is 5.11 Å². The molecule has 0 aliphatic carbocycles.